The van der Waals surface area contributed by atoms with Gasteiger partial charge in [0.15, 0.2) is 0 Å². The molecular weight excluding hydrogens is 248 g/mol. The predicted molar refractivity (Wildman–Crippen MR) is 63.5 cm³/mol. The van der Waals surface area contributed by atoms with Crippen molar-refractivity contribution in [1.29, 1.82) is 0 Å². The Bertz CT molecular complexity index is 400. The van der Waals surface area contributed by atoms with Crippen molar-refractivity contribution < 1.29 is 19.1 Å². The highest BCUT2D eigenvalue weighted by atomic mass is 35.5. The van der Waals surface area contributed by atoms with Gasteiger partial charge in [-0.3, -0.25) is 10.6 Å². The number of hydrogen-bond donors (Lipinski definition) is 2. The molecule has 0 heterocycles. The van der Waals surface area contributed by atoms with E-state index in [4.69, 9.17) is 11.6 Å². The van der Waals surface area contributed by atoms with Gasteiger partial charge in [0.25, 0.3) is 0 Å². The van der Waals surface area contributed by atoms with E-state index < -0.39 is 12.2 Å². The van der Waals surface area contributed by atoms with Crippen LogP contribution in [0.15, 0.2) is 18.2 Å². The lowest BCUT2D eigenvalue weighted by Gasteiger charge is -2.10. The second-order valence-corrected chi connectivity index (χ2v) is 3.28. The highest BCUT2D eigenvalue weighted by molar-refractivity contribution is 6.36. The van der Waals surface area contributed by atoms with E-state index in [1.807, 2.05) is 0 Å². The molecule has 0 saturated carbocycles. The lowest BCUT2D eigenvalue weighted by atomic mass is 10.3. The molecule has 0 aromatic heterocycles. The summed E-state index contributed by atoms with van der Waals surface area (Å²) in [7, 11) is 2.47. The third kappa shape index (κ3) is 3.53. The number of halogens is 1. The average molecular weight is 259 g/mol. The smallest absolute Gasteiger partial charge is 0.411 e. The van der Waals surface area contributed by atoms with Gasteiger partial charge in [0.1, 0.15) is 0 Å². The van der Waals surface area contributed by atoms with Crippen LogP contribution in [0.1, 0.15) is 0 Å². The zero-order valence-electron chi connectivity index (χ0n) is 9.24. The Labute approximate surface area is 103 Å². The van der Waals surface area contributed by atoms with Gasteiger partial charge in [-0.25, -0.2) is 9.59 Å². The van der Waals surface area contributed by atoms with Crippen LogP contribution in [0.3, 0.4) is 0 Å². The Hall–Kier alpha value is -1.95. The molecular formula is C10H11ClN2O4. The van der Waals surface area contributed by atoms with Gasteiger partial charge in [0, 0.05) is 0 Å². The summed E-state index contributed by atoms with van der Waals surface area (Å²) in [6, 6.07) is 4.76. The molecule has 1 aromatic rings. The first-order valence-electron chi connectivity index (χ1n) is 4.57. The van der Waals surface area contributed by atoms with Crippen LogP contribution >= 0.6 is 11.6 Å². The summed E-state index contributed by atoms with van der Waals surface area (Å²) in [5, 5.41) is 5.00. The van der Waals surface area contributed by atoms with Crippen LogP contribution in [0.25, 0.3) is 0 Å². The molecule has 0 atom stereocenters. The number of anilines is 2. The number of carbonyl (C=O) groups excluding carboxylic acids is 2. The number of rotatable bonds is 2. The molecule has 7 heteroatoms. The first-order valence-corrected chi connectivity index (χ1v) is 4.94. The van der Waals surface area contributed by atoms with Gasteiger partial charge < -0.3 is 9.47 Å². The van der Waals surface area contributed by atoms with E-state index in [1.165, 1.54) is 14.2 Å². The van der Waals surface area contributed by atoms with Gasteiger partial charge in [-0.05, 0) is 12.1 Å². The van der Waals surface area contributed by atoms with Gasteiger partial charge in [0.2, 0.25) is 0 Å². The Morgan fingerprint density at radius 2 is 1.47 bits per heavy atom. The molecule has 1 aromatic carbocycles. The van der Waals surface area contributed by atoms with Crippen molar-refractivity contribution in [2.24, 2.45) is 0 Å². The molecule has 0 radical (unpaired) electrons. The third-order valence-electron chi connectivity index (χ3n) is 1.84. The number of hydrogen-bond acceptors (Lipinski definition) is 4. The standard InChI is InChI=1S/C10H11ClN2O4/c1-16-9(14)12-6-4-3-5-7(8(6)11)13-10(15)17-2/h3-5H,1-2H3,(H,12,14)(H,13,15). The van der Waals surface area contributed by atoms with E-state index in [0.29, 0.717) is 11.4 Å². The summed E-state index contributed by atoms with van der Waals surface area (Å²) in [6.07, 6.45) is -1.30. The minimum Gasteiger partial charge on any atom is -0.453 e. The van der Waals surface area contributed by atoms with E-state index in [-0.39, 0.29) is 5.02 Å². The summed E-state index contributed by atoms with van der Waals surface area (Å²) in [5.74, 6) is 0. The third-order valence-corrected chi connectivity index (χ3v) is 2.25. The van der Waals surface area contributed by atoms with Gasteiger partial charge in [-0.15, -0.1) is 0 Å². The Morgan fingerprint density at radius 3 is 1.82 bits per heavy atom. The highest BCUT2D eigenvalue weighted by Gasteiger charge is 2.11. The van der Waals surface area contributed by atoms with Crippen molar-refractivity contribution in [1.82, 2.24) is 0 Å². The van der Waals surface area contributed by atoms with Crippen LogP contribution in [0.2, 0.25) is 5.02 Å². The van der Waals surface area contributed by atoms with Crippen LogP contribution in [0.4, 0.5) is 21.0 Å². The van der Waals surface area contributed by atoms with E-state index in [9.17, 15) is 9.59 Å². The number of benzene rings is 1. The number of methoxy groups -OCH3 is 2. The average Bonchev–Trinajstić information content (AvgIpc) is 2.33. The fourth-order valence-corrected chi connectivity index (χ4v) is 1.27. The van der Waals surface area contributed by atoms with Gasteiger partial charge in [0.05, 0.1) is 30.6 Å². The SMILES string of the molecule is COC(=O)Nc1cccc(NC(=O)OC)c1Cl. The van der Waals surface area contributed by atoms with Crippen LogP contribution in [0.5, 0.6) is 0 Å². The summed E-state index contributed by atoms with van der Waals surface area (Å²) in [6.45, 7) is 0. The molecule has 92 valence electrons. The van der Waals surface area contributed by atoms with Crippen molar-refractivity contribution in [3.05, 3.63) is 23.2 Å². The van der Waals surface area contributed by atoms with Gasteiger partial charge in [-0.2, -0.15) is 0 Å². The molecule has 0 saturated heterocycles. The Morgan fingerprint density at radius 1 is 1.06 bits per heavy atom. The molecule has 0 aliphatic rings. The zero-order valence-corrected chi connectivity index (χ0v) is 10.00. The predicted octanol–water partition coefficient (Wildman–Crippen LogP) is 2.70. The van der Waals surface area contributed by atoms with E-state index in [1.54, 1.807) is 18.2 Å². The molecule has 6 nitrogen and oxygen atoms in total. The summed E-state index contributed by atoms with van der Waals surface area (Å²) < 4.78 is 8.86. The quantitative estimate of drug-likeness (QED) is 0.855. The molecule has 0 spiro atoms. The van der Waals surface area contributed by atoms with E-state index in [2.05, 4.69) is 20.1 Å². The fourth-order valence-electron chi connectivity index (χ4n) is 1.05. The van der Waals surface area contributed by atoms with Crippen LogP contribution in [0, 0.1) is 0 Å². The van der Waals surface area contributed by atoms with Gasteiger partial charge >= 0.3 is 12.2 Å². The maximum absolute atomic E-state index is 11.0. The largest absolute Gasteiger partial charge is 0.453 e. The van der Waals surface area contributed by atoms with Crippen molar-refractivity contribution in [2.45, 2.75) is 0 Å². The summed E-state index contributed by atoms with van der Waals surface area (Å²) >= 11 is 5.97. The normalized spacial score (nSPS) is 9.35. The molecule has 0 aliphatic heterocycles. The van der Waals surface area contributed by atoms with E-state index >= 15 is 0 Å². The Balaban J connectivity index is 2.91. The molecule has 1 rings (SSSR count). The molecule has 0 bridgehead atoms. The minimum absolute atomic E-state index is 0.184. The fraction of sp³-hybridized carbons (Fsp3) is 0.200. The number of carbonyl (C=O) groups is 2. The molecule has 0 unspecified atom stereocenters. The van der Waals surface area contributed by atoms with Crippen LogP contribution in [-0.2, 0) is 9.47 Å². The highest BCUT2D eigenvalue weighted by Crippen LogP contribution is 2.30. The Kier molecular flexibility index (Phi) is 4.59. The second kappa shape index (κ2) is 5.95. The van der Waals surface area contributed by atoms with Crippen molar-refractivity contribution >= 4 is 35.2 Å². The van der Waals surface area contributed by atoms with Crippen molar-refractivity contribution in [3.8, 4) is 0 Å². The summed E-state index contributed by atoms with van der Waals surface area (Å²) in [4.78, 5) is 22.0. The summed E-state index contributed by atoms with van der Waals surface area (Å²) in [5.41, 5.74) is 0.653. The van der Waals surface area contributed by atoms with Crippen molar-refractivity contribution in [2.75, 3.05) is 24.9 Å². The number of amides is 2. The minimum atomic E-state index is -0.651. The molecule has 17 heavy (non-hydrogen) atoms. The van der Waals surface area contributed by atoms with E-state index in [0.717, 1.165) is 0 Å². The van der Waals surface area contributed by atoms with Crippen LogP contribution in [-0.4, -0.2) is 26.4 Å². The van der Waals surface area contributed by atoms with Crippen molar-refractivity contribution in [3.63, 3.8) is 0 Å². The van der Waals surface area contributed by atoms with Gasteiger partial charge in [-0.1, -0.05) is 17.7 Å². The molecule has 0 fully saturated rings. The maximum atomic E-state index is 11.0. The number of nitrogens with one attached hydrogen (secondary N) is 2. The first kappa shape index (κ1) is 13.1. The zero-order chi connectivity index (χ0) is 12.8. The molecule has 2 N–H and O–H groups in total. The molecule has 0 aliphatic carbocycles. The monoisotopic (exact) mass is 258 g/mol. The lowest BCUT2D eigenvalue weighted by molar-refractivity contribution is 0.186. The topological polar surface area (TPSA) is 76.7 Å². The maximum Gasteiger partial charge on any atom is 0.411 e. The number of ether oxygens (including phenoxy) is 2. The second-order valence-electron chi connectivity index (χ2n) is 2.90. The molecule has 2 amide bonds. The van der Waals surface area contributed by atoms with Crippen LogP contribution < -0.4 is 10.6 Å². The first-order chi connectivity index (χ1) is 8.08. The lowest BCUT2D eigenvalue weighted by Crippen LogP contribution is -2.14.